The number of dihydropyridines is 1. The molecule has 9 heteroatoms. The molecule has 3 unspecified atom stereocenters. The number of hydrogen-bond acceptors (Lipinski definition) is 4. The molecule has 23 heavy (non-hydrogen) atoms. The number of carbonyl (C=O) groups excluding carboxylic acids is 1. The van der Waals surface area contributed by atoms with Gasteiger partial charge < -0.3 is 36.6 Å². The molecule has 0 aliphatic carbocycles. The number of nitrogens with zero attached hydrogens (tertiary/aromatic N) is 1. The Morgan fingerprint density at radius 3 is 2.26 bits per heavy atom. The molecule has 0 amide bonds. The molecule has 135 valence electrons. The maximum Gasteiger partial charge on any atom is 2.00 e. The Labute approximate surface area is 145 Å². The summed E-state index contributed by atoms with van der Waals surface area (Å²) in [6, 6.07) is -0.100. The van der Waals surface area contributed by atoms with Crippen LogP contribution in [0.2, 0.25) is 0 Å². The van der Waals surface area contributed by atoms with E-state index in [2.05, 4.69) is 10.6 Å². The minimum atomic E-state index is -1.16. The van der Waals surface area contributed by atoms with Gasteiger partial charge in [-0.15, -0.1) is 6.04 Å². The zero-order chi connectivity index (χ0) is 15.1. The Bertz CT molecular complexity index is 427. The number of carboxylic acid groups (broad SMARTS) is 2. The van der Waals surface area contributed by atoms with Crippen molar-refractivity contribution < 1.29 is 47.5 Å². The summed E-state index contributed by atoms with van der Waals surface area (Å²) in [5.74, 6) is -1.93. The van der Waals surface area contributed by atoms with Gasteiger partial charge in [0, 0.05) is 6.04 Å². The third kappa shape index (κ3) is 10.1. The topological polar surface area (TPSA) is 170 Å². The van der Waals surface area contributed by atoms with Crippen LogP contribution < -0.4 is 10.4 Å². The SMILES string of the molecule is CC1C=CC=C(C(=O)[O-])N1.CC1CCCC(C(=O)O)[N-]1.[Co+2].[OH3+].[OH3+]. The van der Waals surface area contributed by atoms with Gasteiger partial charge in [0.15, 0.2) is 0 Å². The standard InChI is InChI=1S/C7H12NO2.C7H9NO2.Co.2H2O/c2*1-5-3-2-4-6(8-5)7(9)10;;;/h5-6H,2-4H2,1H3,(H,9,10);2-5,8H,1H3,(H,9,10);;2*1H2/q-1;;+2;;/p+1. The summed E-state index contributed by atoms with van der Waals surface area (Å²) >= 11 is 0. The Balaban J connectivity index is -0.000000308. The van der Waals surface area contributed by atoms with Gasteiger partial charge >= 0.3 is 16.8 Å². The molecule has 2 rings (SSSR count). The molecule has 0 aromatic heterocycles. The van der Waals surface area contributed by atoms with Gasteiger partial charge in [0.05, 0.1) is 11.7 Å². The van der Waals surface area contributed by atoms with Gasteiger partial charge in [-0.3, -0.25) is 4.79 Å². The summed E-state index contributed by atoms with van der Waals surface area (Å²) in [7, 11) is 0. The van der Waals surface area contributed by atoms with Crippen molar-refractivity contribution in [3.63, 3.8) is 0 Å². The van der Waals surface area contributed by atoms with E-state index in [4.69, 9.17) is 5.11 Å². The molecule has 2 aliphatic heterocycles. The van der Waals surface area contributed by atoms with Crippen molar-refractivity contribution in [1.29, 1.82) is 0 Å². The number of piperidine rings is 1. The second-order valence-corrected chi connectivity index (χ2v) is 4.97. The smallest absolute Gasteiger partial charge is 0.648 e. The van der Waals surface area contributed by atoms with Crippen molar-refractivity contribution in [2.45, 2.75) is 51.2 Å². The molecule has 8 nitrogen and oxygen atoms in total. The van der Waals surface area contributed by atoms with E-state index in [1.165, 1.54) is 6.08 Å². The number of allylic oxidation sites excluding steroid dienone is 2. The monoisotopic (exact) mass is 377 g/mol. The van der Waals surface area contributed by atoms with Gasteiger partial charge in [-0.1, -0.05) is 38.3 Å². The minimum Gasteiger partial charge on any atom is -0.648 e. The van der Waals surface area contributed by atoms with Crippen molar-refractivity contribution in [3.8, 4) is 0 Å². The Morgan fingerprint density at radius 2 is 1.91 bits per heavy atom. The van der Waals surface area contributed by atoms with E-state index >= 15 is 0 Å². The molecule has 0 spiro atoms. The van der Waals surface area contributed by atoms with Gasteiger partial charge in [0.1, 0.15) is 0 Å². The van der Waals surface area contributed by atoms with Gasteiger partial charge in [0.25, 0.3) is 5.97 Å². The van der Waals surface area contributed by atoms with Crippen LogP contribution in [-0.4, -0.2) is 35.2 Å². The van der Waals surface area contributed by atoms with Crippen molar-refractivity contribution in [2.24, 2.45) is 0 Å². The van der Waals surface area contributed by atoms with Crippen LogP contribution in [0, 0.1) is 0 Å². The molecular formula is C14H26CoN2O6+2. The fourth-order valence-electron chi connectivity index (χ4n) is 2.04. The Hall–Kier alpha value is -1.39. The molecule has 1 saturated heterocycles. The second-order valence-electron chi connectivity index (χ2n) is 4.97. The summed E-state index contributed by atoms with van der Waals surface area (Å²) < 4.78 is 0. The molecule has 8 N–H and O–H groups in total. The van der Waals surface area contributed by atoms with E-state index in [0.29, 0.717) is 0 Å². The van der Waals surface area contributed by atoms with Crippen molar-refractivity contribution in [3.05, 3.63) is 29.2 Å². The zero-order valence-corrected chi connectivity index (χ0v) is 14.2. The van der Waals surface area contributed by atoms with Crippen molar-refractivity contribution >= 4 is 11.9 Å². The van der Waals surface area contributed by atoms with Gasteiger partial charge in [0.2, 0.25) is 0 Å². The van der Waals surface area contributed by atoms with Crippen molar-refractivity contribution in [2.75, 3.05) is 0 Å². The van der Waals surface area contributed by atoms with Crippen LogP contribution in [0.1, 0.15) is 33.1 Å². The van der Waals surface area contributed by atoms with Crippen molar-refractivity contribution in [1.82, 2.24) is 5.32 Å². The van der Waals surface area contributed by atoms with E-state index in [9.17, 15) is 14.7 Å². The molecule has 0 saturated carbocycles. The summed E-state index contributed by atoms with van der Waals surface area (Å²) in [6.45, 7) is 3.83. The first-order valence-corrected chi connectivity index (χ1v) is 6.69. The largest absolute Gasteiger partial charge is 2.00 e. The van der Waals surface area contributed by atoms with E-state index in [1.54, 1.807) is 6.08 Å². The summed E-state index contributed by atoms with van der Waals surface area (Å²) in [4.78, 5) is 20.6. The quantitative estimate of drug-likeness (QED) is 0.569. The normalized spacial score (nSPS) is 24.8. The predicted octanol–water partition coefficient (Wildman–Crippen LogP) is -1.29. The van der Waals surface area contributed by atoms with E-state index < -0.39 is 18.0 Å². The van der Waals surface area contributed by atoms with E-state index in [-0.39, 0.29) is 45.5 Å². The molecule has 1 radical (unpaired) electrons. The van der Waals surface area contributed by atoms with Crippen LogP contribution in [0.5, 0.6) is 0 Å². The molecule has 0 bridgehead atoms. The van der Waals surface area contributed by atoms with Gasteiger partial charge in [-0.2, -0.15) is 0 Å². The van der Waals surface area contributed by atoms with Crippen LogP contribution in [0.15, 0.2) is 23.9 Å². The van der Waals surface area contributed by atoms with Crippen LogP contribution in [0.3, 0.4) is 0 Å². The molecule has 3 atom stereocenters. The zero-order valence-electron chi connectivity index (χ0n) is 13.2. The predicted molar refractivity (Wildman–Crippen MR) is 82.7 cm³/mol. The number of rotatable bonds is 2. The molecule has 2 heterocycles. The first kappa shape index (κ1) is 26.5. The fourth-order valence-corrected chi connectivity index (χ4v) is 2.04. The second kappa shape index (κ2) is 13.1. The van der Waals surface area contributed by atoms with Crippen LogP contribution >= 0.6 is 0 Å². The number of carboxylic acids is 2. The third-order valence-electron chi connectivity index (χ3n) is 3.08. The van der Waals surface area contributed by atoms with E-state index in [1.807, 2.05) is 19.9 Å². The molecule has 1 fully saturated rings. The number of hydrogen-bond donors (Lipinski definition) is 2. The molecule has 2 aliphatic rings. The first-order chi connectivity index (χ1) is 9.40. The van der Waals surface area contributed by atoms with Crippen LogP contribution in [0.25, 0.3) is 5.32 Å². The maximum absolute atomic E-state index is 10.4. The van der Waals surface area contributed by atoms with Crippen LogP contribution in [0.4, 0.5) is 0 Å². The van der Waals surface area contributed by atoms with Gasteiger partial charge in [-0.05, 0) is 19.0 Å². The summed E-state index contributed by atoms with van der Waals surface area (Å²) in [5, 5.41) is 25.6. The Morgan fingerprint density at radius 1 is 1.30 bits per heavy atom. The Kier molecular flexibility index (Phi) is 15.1. The third-order valence-corrected chi connectivity index (χ3v) is 3.08. The number of nitrogens with one attached hydrogen (secondary N) is 1. The molecular weight excluding hydrogens is 351 g/mol. The first-order valence-electron chi connectivity index (χ1n) is 6.69. The average molecular weight is 377 g/mol. The average Bonchev–Trinajstić information content (AvgIpc) is 2.39. The molecule has 0 aromatic carbocycles. The number of carbonyl (C=O) groups is 2. The summed E-state index contributed by atoms with van der Waals surface area (Å²) in [6.07, 6.45) is 7.82. The number of aliphatic carboxylic acids is 2. The maximum atomic E-state index is 10.4. The van der Waals surface area contributed by atoms with Gasteiger partial charge in [-0.25, -0.2) is 0 Å². The minimum absolute atomic E-state index is 0. The summed E-state index contributed by atoms with van der Waals surface area (Å²) in [5.41, 5.74) is 0.148. The molecule has 0 aromatic rings. The fraction of sp³-hybridized carbons (Fsp3) is 0.571. The van der Waals surface area contributed by atoms with Crippen LogP contribution in [-0.2, 0) is 37.3 Å². The van der Waals surface area contributed by atoms with E-state index in [0.717, 1.165) is 19.3 Å².